The number of aryl methyl sites for hydroxylation is 1. The van der Waals surface area contributed by atoms with Crippen LogP contribution < -0.4 is 11.1 Å². The van der Waals surface area contributed by atoms with Gasteiger partial charge in [0.25, 0.3) is 11.8 Å². The Morgan fingerprint density at radius 2 is 1.81 bits per heavy atom. The highest BCUT2D eigenvalue weighted by Crippen LogP contribution is 2.26. The highest BCUT2D eigenvalue weighted by atomic mass is 35.5. The van der Waals surface area contributed by atoms with Crippen LogP contribution in [0.4, 0.5) is 10.2 Å². The number of carbonyl (C=O) groups excluding carboxylic acids is 2. The summed E-state index contributed by atoms with van der Waals surface area (Å²) in [6.07, 6.45) is 5.74. The van der Waals surface area contributed by atoms with E-state index >= 15 is 0 Å². The number of pyridine rings is 1. The van der Waals surface area contributed by atoms with Crippen LogP contribution in [0.5, 0.6) is 0 Å². The van der Waals surface area contributed by atoms with Crippen LogP contribution in [0.25, 0.3) is 22.3 Å². The molecule has 1 fully saturated rings. The molecule has 4 aromatic rings. The molecule has 0 spiro atoms. The Labute approximate surface area is 217 Å². The minimum Gasteiger partial charge on any atom is -0.383 e. The van der Waals surface area contributed by atoms with Gasteiger partial charge in [-0.3, -0.25) is 14.3 Å². The molecule has 0 unspecified atom stereocenters. The van der Waals surface area contributed by atoms with Crippen LogP contribution in [-0.2, 0) is 7.05 Å². The normalized spacial score (nSPS) is 15.1. The number of anilines is 1. The summed E-state index contributed by atoms with van der Waals surface area (Å²) in [5.41, 5.74) is 9.79. The fourth-order valence-corrected chi connectivity index (χ4v) is 4.49. The number of nitrogen functional groups attached to an aromatic ring is 1. The van der Waals surface area contributed by atoms with E-state index in [2.05, 4.69) is 15.4 Å². The second kappa shape index (κ2) is 10.0. The monoisotopic (exact) mass is 518 g/mol. The van der Waals surface area contributed by atoms with Gasteiger partial charge in [-0.25, -0.2) is 9.37 Å². The fourth-order valence-electron chi connectivity index (χ4n) is 4.37. The van der Waals surface area contributed by atoms with E-state index in [4.69, 9.17) is 17.3 Å². The Hall–Kier alpha value is -4.24. The standard InChI is InChI=1S/C27H24ClFN6O2/c1-34-14-20(13-32-34)19-10-22(25(30)31-12-19)26(36)33-21-8-9-35(15-21)27(37)17-4-2-16(3-5-17)18-6-7-23(28)24(29)11-18/h2-7,10-14,21H,8-9,15H2,1H3,(H2,30,31)(H,33,36)/t21-/m1/s1. The largest absolute Gasteiger partial charge is 0.383 e. The third kappa shape index (κ3) is 5.17. The van der Waals surface area contributed by atoms with E-state index in [1.165, 1.54) is 12.1 Å². The molecule has 8 nitrogen and oxygen atoms in total. The van der Waals surface area contributed by atoms with Crippen molar-refractivity contribution in [2.24, 2.45) is 7.05 Å². The molecule has 188 valence electrons. The Morgan fingerprint density at radius 1 is 1.05 bits per heavy atom. The van der Waals surface area contributed by atoms with E-state index < -0.39 is 5.82 Å². The summed E-state index contributed by atoms with van der Waals surface area (Å²) in [4.78, 5) is 31.9. The number of carbonyl (C=O) groups is 2. The molecule has 1 atom stereocenters. The quantitative estimate of drug-likeness (QED) is 0.412. The van der Waals surface area contributed by atoms with Gasteiger partial charge in [0.05, 0.1) is 16.8 Å². The van der Waals surface area contributed by atoms with Crippen LogP contribution in [0.15, 0.2) is 67.1 Å². The topological polar surface area (TPSA) is 106 Å². The summed E-state index contributed by atoms with van der Waals surface area (Å²) in [6.45, 7) is 0.891. The lowest BCUT2D eigenvalue weighted by Crippen LogP contribution is -2.38. The lowest BCUT2D eigenvalue weighted by atomic mass is 10.0. The van der Waals surface area contributed by atoms with Crippen LogP contribution in [-0.4, -0.2) is 50.6 Å². The number of hydrogen-bond acceptors (Lipinski definition) is 5. The van der Waals surface area contributed by atoms with Gasteiger partial charge in [-0.2, -0.15) is 5.10 Å². The minimum atomic E-state index is -0.495. The van der Waals surface area contributed by atoms with Gasteiger partial charge < -0.3 is 16.0 Å². The summed E-state index contributed by atoms with van der Waals surface area (Å²) in [7, 11) is 1.81. The molecule has 2 aromatic carbocycles. The smallest absolute Gasteiger partial charge is 0.255 e. The van der Waals surface area contributed by atoms with Crippen molar-refractivity contribution in [1.82, 2.24) is 25.0 Å². The number of rotatable bonds is 5. The van der Waals surface area contributed by atoms with Crippen molar-refractivity contribution in [3.05, 3.63) is 89.1 Å². The number of nitrogens with two attached hydrogens (primary N) is 1. The molecule has 0 radical (unpaired) electrons. The van der Waals surface area contributed by atoms with Crippen molar-refractivity contribution in [3.63, 3.8) is 0 Å². The van der Waals surface area contributed by atoms with Crippen molar-refractivity contribution in [1.29, 1.82) is 0 Å². The molecule has 2 amide bonds. The van der Waals surface area contributed by atoms with E-state index in [1.807, 2.05) is 13.2 Å². The molecule has 1 aliphatic rings. The SMILES string of the molecule is Cn1cc(-c2cnc(N)c(C(=O)N[C@@H]3CCN(C(=O)c4ccc(-c5ccc(Cl)c(F)c5)cc4)C3)c2)cn1. The molecule has 37 heavy (non-hydrogen) atoms. The Kier molecular flexibility index (Phi) is 6.62. The van der Waals surface area contributed by atoms with Gasteiger partial charge >= 0.3 is 0 Å². The molecular weight excluding hydrogens is 495 g/mol. The summed E-state index contributed by atoms with van der Waals surface area (Å²) in [5, 5.41) is 7.19. The van der Waals surface area contributed by atoms with Crippen molar-refractivity contribution in [2.75, 3.05) is 18.8 Å². The fraction of sp³-hybridized carbons (Fsp3) is 0.185. The molecule has 5 rings (SSSR count). The molecule has 1 saturated heterocycles. The maximum absolute atomic E-state index is 13.8. The van der Waals surface area contributed by atoms with Gasteiger partial charge in [-0.15, -0.1) is 0 Å². The molecular formula is C27H24ClFN6O2. The van der Waals surface area contributed by atoms with Crippen LogP contribution in [0.3, 0.4) is 0 Å². The molecule has 0 saturated carbocycles. The predicted octanol–water partition coefficient (Wildman–Crippen LogP) is 4.17. The number of aromatic nitrogens is 3. The van der Waals surface area contributed by atoms with E-state index in [9.17, 15) is 14.0 Å². The third-order valence-corrected chi connectivity index (χ3v) is 6.70. The van der Waals surface area contributed by atoms with Gasteiger partial charge in [-0.05, 0) is 47.9 Å². The molecule has 0 aliphatic carbocycles. The second-order valence-corrected chi connectivity index (χ2v) is 9.38. The summed E-state index contributed by atoms with van der Waals surface area (Å²) in [5.74, 6) is -0.831. The van der Waals surface area contributed by atoms with Crippen molar-refractivity contribution in [2.45, 2.75) is 12.5 Å². The molecule has 2 aromatic heterocycles. The number of halogens is 2. The van der Waals surface area contributed by atoms with Gasteiger partial charge in [0, 0.05) is 55.3 Å². The van der Waals surface area contributed by atoms with Crippen LogP contribution in [0, 0.1) is 5.82 Å². The van der Waals surface area contributed by atoms with Crippen molar-refractivity contribution >= 4 is 29.2 Å². The minimum absolute atomic E-state index is 0.0615. The van der Waals surface area contributed by atoms with Gasteiger partial charge in [-0.1, -0.05) is 29.8 Å². The van der Waals surface area contributed by atoms with E-state index in [1.54, 1.807) is 58.4 Å². The number of benzene rings is 2. The summed E-state index contributed by atoms with van der Waals surface area (Å²) < 4.78 is 15.5. The first-order chi connectivity index (χ1) is 17.8. The Morgan fingerprint density at radius 3 is 2.51 bits per heavy atom. The number of hydrogen-bond donors (Lipinski definition) is 2. The first-order valence-corrected chi connectivity index (χ1v) is 12.1. The lowest BCUT2D eigenvalue weighted by Gasteiger charge is -2.18. The first kappa shape index (κ1) is 24.5. The highest BCUT2D eigenvalue weighted by Gasteiger charge is 2.29. The van der Waals surface area contributed by atoms with Crippen LogP contribution >= 0.6 is 11.6 Å². The zero-order valence-electron chi connectivity index (χ0n) is 20.0. The van der Waals surface area contributed by atoms with Crippen molar-refractivity contribution < 1.29 is 14.0 Å². The van der Waals surface area contributed by atoms with E-state index in [-0.39, 0.29) is 34.3 Å². The van der Waals surface area contributed by atoms with Crippen molar-refractivity contribution in [3.8, 4) is 22.3 Å². The highest BCUT2D eigenvalue weighted by molar-refractivity contribution is 6.30. The average molecular weight is 519 g/mol. The van der Waals surface area contributed by atoms with E-state index in [0.29, 0.717) is 30.6 Å². The zero-order chi connectivity index (χ0) is 26.1. The molecule has 10 heteroatoms. The predicted molar refractivity (Wildman–Crippen MR) is 139 cm³/mol. The van der Waals surface area contributed by atoms with Gasteiger partial charge in [0.2, 0.25) is 0 Å². The number of amides is 2. The Balaban J connectivity index is 1.23. The summed E-state index contributed by atoms with van der Waals surface area (Å²) >= 11 is 5.76. The number of nitrogens with zero attached hydrogens (tertiary/aromatic N) is 4. The van der Waals surface area contributed by atoms with E-state index in [0.717, 1.165) is 16.7 Å². The summed E-state index contributed by atoms with van der Waals surface area (Å²) in [6, 6.07) is 13.1. The Bertz CT molecular complexity index is 1490. The molecule has 0 bridgehead atoms. The lowest BCUT2D eigenvalue weighted by molar-refractivity contribution is 0.0783. The van der Waals surface area contributed by atoms with Gasteiger partial charge in [0.15, 0.2) is 0 Å². The third-order valence-electron chi connectivity index (χ3n) is 6.40. The average Bonchev–Trinajstić information content (AvgIpc) is 3.55. The van der Waals surface area contributed by atoms with Gasteiger partial charge in [0.1, 0.15) is 11.6 Å². The molecule has 3 heterocycles. The molecule has 3 N–H and O–H groups in total. The van der Waals surface area contributed by atoms with Crippen LogP contribution in [0.2, 0.25) is 5.02 Å². The second-order valence-electron chi connectivity index (χ2n) is 8.98. The number of likely N-dealkylation sites (tertiary alicyclic amines) is 1. The molecule has 1 aliphatic heterocycles. The maximum atomic E-state index is 13.8. The number of nitrogens with one attached hydrogen (secondary N) is 1. The zero-order valence-corrected chi connectivity index (χ0v) is 20.7. The first-order valence-electron chi connectivity index (χ1n) is 11.7. The van der Waals surface area contributed by atoms with Crippen LogP contribution in [0.1, 0.15) is 27.1 Å². The maximum Gasteiger partial charge on any atom is 0.255 e.